The van der Waals surface area contributed by atoms with Gasteiger partial charge in [-0.2, -0.15) is 0 Å². The lowest BCUT2D eigenvalue weighted by Gasteiger charge is -2.08. The molecule has 0 spiro atoms. The molecule has 3 rings (SSSR count). The summed E-state index contributed by atoms with van der Waals surface area (Å²) in [6.45, 7) is 8.72. The number of ketones is 1. The highest BCUT2D eigenvalue weighted by Crippen LogP contribution is 2.24. The molecule has 0 aliphatic heterocycles. The number of Topliss-reactive ketones (excluding diaryl/α,β-unsaturated/α-hetero) is 1. The maximum Gasteiger partial charge on any atom is 0.190 e. The van der Waals surface area contributed by atoms with Gasteiger partial charge in [-0.3, -0.25) is 4.79 Å². The first-order chi connectivity index (χ1) is 13.1. The van der Waals surface area contributed by atoms with Gasteiger partial charge in [0.05, 0.1) is 18.0 Å². The van der Waals surface area contributed by atoms with E-state index in [4.69, 9.17) is 9.73 Å². The Morgan fingerprint density at radius 3 is 2.48 bits per heavy atom. The minimum atomic E-state index is 0.0529. The van der Waals surface area contributed by atoms with E-state index in [-0.39, 0.29) is 5.78 Å². The van der Waals surface area contributed by atoms with Crippen LogP contribution in [0.5, 0.6) is 5.75 Å². The van der Waals surface area contributed by atoms with Crippen LogP contribution in [-0.4, -0.2) is 17.0 Å². The van der Waals surface area contributed by atoms with E-state index in [9.17, 15) is 4.79 Å². The average Bonchev–Trinajstić information content (AvgIpc) is 3.06. The molecule has 0 unspecified atom stereocenters. The van der Waals surface area contributed by atoms with Crippen molar-refractivity contribution in [2.45, 2.75) is 20.4 Å². The molecule has 0 amide bonds. The highest BCUT2D eigenvalue weighted by molar-refractivity contribution is 7.07. The molecule has 27 heavy (non-hydrogen) atoms. The summed E-state index contributed by atoms with van der Waals surface area (Å²) in [5.74, 6) is 0.916. The van der Waals surface area contributed by atoms with Gasteiger partial charge < -0.3 is 9.30 Å². The maximum atomic E-state index is 11.4. The van der Waals surface area contributed by atoms with Crippen molar-refractivity contribution in [3.63, 3.8) is 0 Å². The van der Waals surface area contributed by atoms with Gasteiger partial charge in [-0.05, 0) is 67.9 Å². The van der Waals surface area contributed by atoms with Crippen molar-refractivity contribution in [1.29, 1.82) is 0 Å². The van der Waals surface area contributed by atoms with E-state index in [0.717, 1.165) is 27.5 Å². The summed E-state index contributed by atoms with van der Waals surface area (Å²) in [4.78, 5) is 17.1. The van der Waals surface area contributed by atoms with E-state index in [1.165, 1.54) is 0 Å². The van der Waals surface area contributed by atoms with E-state index in [0.29, 0.717) is 18.7 Å². The van der Waals surface area contributed by atoms with Crippen LogP contribution in [0.15, 0.2) is 71.6 Å². The largest absolute Gasteiger partial charge is 0.494 e. The fourth-order valence-electron chi connectivity index (χ4n) is 2.72. The van der Waals surface area contributed by atoms with Gasteiger partial charge in [0.1, 0.15) is 5.75 Å². The van der Waals surface area contributed by atoms with Gasteiger partial charge in [0.2, 0.25) is 0 Å². The van der Waals surface area contributed by atoms with Gasteiger partial charge in [0.25, 0.3) is 0 Å². The second kappa shape index (κ2) is 8.64. The fourth-order valence-corrected chi connectivity index (χ4v) is 3.66. The van der Waals surface area contributed by atoms with Crippen LogP contribution in [0.25, 0.3) is 11.3 Å². The van der Waals surface area contributed by atoms with Crippen LogP contribution in [0.4, 0.5) is 5.69 Å². The first-order valence-corrected chi connectivity index (χ1v) is 9.68. The molecule has 1 aromatic heterocycles. The number of nitrogens with zero attached hydrogens (tertiary/aromatic N) is 2. The van der Waals surface area contributed by atoms with Crippen molar-refractivity contribution in [2.24, 2.45) is 4.99 Å². The highest BCUT2D eigenvalue weighted by Gasteiger charge is 2.08. The molecule has 0 saturated heterocycles. The number of ether oxygens (including phenoxy) is 1. The van der Waals surface area contributed by atoms with Gasteiger partial charge in [-0.25, -0.2) is 4.99 Å². The maximum absolute atomic E-state index is 11.4. The molecule has 3 aromatic rings. The molecular formula is C22H22N2O2S. The fraction of sp³-hybridized carbons (Fsp3) is 0.182. The Bertz CT molecular complexity index is 996. The molecule has 0 atom stereocenters. The van der Waals surface area contributed by atoms with E-state index in [1.54, 1.807) is 30.4 Å². The van der Waals surface area contributed by atoms with Crippen LogP contribution in [0.1, 0.15) is 24.2 Å². The first-order valence-electron chi connectivity index (χ1n) is 8.80. The molecule has 5 heteroatoms. The standard InChI is InChI=1S/C22H22N2O2S/c1-4-14-24-21(18-8-12-20(13-9-18)26-5-2)15-27-22(24)23-19-10-6-17(7-11-19)16(3)25/h4,6-13,15H,1,5,14H2,2-3H3. The number of carbonyl (C=O) groups is 1. The molecule has 0 saturated carbocycles. The Morgan fingerprint density at radius 1 is 1.19 bits per heavy atom. The van der Waals surface area contributed by atoms with Gasteiger partial charge in [-0.15, -0.1) is 17.9 Å². The second-order valence-corrected chi connectivity index (χ2v) is 6.81. The molecule has 1 heterocycles. The number of hydrogen-bond acceptors (Lipinski definition) is 4. The number of aromatic nitrogens is 1. The van der Waals surface area contributed by atoms with Gasteiger partial charge in [0.15, 0.2) is 10.6 Å². The molecule has 0 radical (unpaired) electrons. The van der Waals surface area contributed by atoms with E-state index >= 15 is 0 Å². The summed E-state index contributed by atoms with van der Waals surface area (Å²) < 4.78 is 7.65. The second-order valence-electron chi connectivity index (χ2n) is 5.98. The summed E-state index contributed by atoms with van der Waals surface area (Å²) in [5, 5.41) is 2.10. The Balaban J connectivity index is 1.99. The molecule has 0 N–H and O–H groups in total. The number of benzene rings is 2. The van der Waals surface area contributed by atoms with Crippen LogP contribution >= 0.6 is 11.3 Å². The molecule has 0 aliphatic rings. The number of thiazole rings is 1. The summed E-state index contributed by atoms with van der Waals surface area (Å²) in [6.07, 6.45) is 1.86. The monoisotopic (exact) mass is 378 g/mol. The van der Waals surface area contributed by atoms with Crippen LogP contribution in [-0.2, 0) is 6.54 Å². The van der Waals surface area contributed by atoms with E-state index in [1.807, 2.05) is 37.3 Å². The lowest BCUT2D eigenvalue weighted by atomic mass is 10.1. The zero-order chi connectivity index (χ0) is 19.2. The Labute approximate surface area is 163 Å². The van der Waals surface area contributed by atoms with E-state index < -0.39 is 0 Å². The Hall–Kier alpha value is -2.92. The zero-order valence-corrected chi connectivity index (χ0v) is 16.3. The zero-order valence-electron chi connectivity index (χ0n) is 15.5. The normalized spacial score (nSPS) is 11.4. The molecule has 2 aromatic carbocycles. The van der Waals surface area contributed by atoms with Gasteiger partial charge >= 0.3 is 0 Å². The third-order valence-corrected chi connectivity index (χ3v) is 4.93. The lowest BCUT2D eigenvalue weighted by Crippen LogP contribution is -2.14. The number of carbonyl (C=O) groups excluding carboxylic acids is 1. The third kappa shape index (κ3) is 4.44. The number of rotatable bonds is 7. The van der Waals surface area contributed by atoms with E-state index in [2.05, 4.69) is 28.7 Å². The SMILES string of the molecule is C=CCn1c(-c2ccc(OCC)cc2)csc1=Nc1ccc(C(C)=O)cc1. The molecule has 0 bridgehead atoms. The lowest BCUT2D eigenvalue weighted by molar-refractivity contribution is 0.101. The predicted octanol–water partition coefficient (Wildman–Crippen LogP) is 5.24. The van der Waals surface area contributed by atoms with Gasteiger partial charge in [-0.1, -0.05) is 6.08 Å². The number of hydrogen-bond donors (Lipinski definition) is 0. The molecule has 4 nitrogen and oxygen atoms in total. The molecular weight excluding hydrogens is 356 g/mol. The van der Waals surface area contributed by atoms with Crippen molar-refractivity contribution in [3.05, 3.63) is 76.9 Å². The summed E-state index contributed by atoms with van der Waals surface area (Å²) in [5.41, 5.74) is 3.69. The minimum Gasteiger partial charge on any atom is -0.494 e. The van der Waals surface area contributed by atoms with Crippen molar-refractivity contribution in [1.82, 2.24) is 4.57 Å². The molecule has 0 aliphatic carbocycles. The summed E-state index contributed by atoms with van der Waals surface area (Å²) in [6, 6.07) is 15.4. The van der Waals surface area contributed by atoms with Crippen LogP contribution in [0.3, 0.4) is 0 Å². The predicted molar refractivity (Wildman–Crippen MR) is 111 cm³/mol. The summed E-state index contributed by atoms with van der Waals surface area (Å²) >= 11 is 1.58. The Morgan fingerprint density at radius 2 is 1.89 bits per heavy atom. The van der Waals surface area contributed by atoms with Gasteiger partial charge in [0, 0.05) is 17.5 Å². The average molecular weight is 378 g/mol. The van der Waals surface area contributed by atoms with Crippen LogP contribution < -0.4 is 9.54 Å². The topological polar surface area (TPSA) is 43.6 Å². The molecule has 138 valence electrons. The molecule has 0 fully saturated rings. The first kappa shape index (κ1) is 18.9. The number of allylic oxidation sites excluding steroid dienone is 1. The van der Waals surface area contributed by atoms with Crippen molar-refractivity contribution >= 4 is 22.8 Å². The van der Waals surface area contributed by atoms with Crippen molar-refractivity contribution < 1.29 is 9.53 Å². The highest BCUT2D eigenvalue weighted by atomic mass is 32.1. The quantitative estimate of drug-likeness (QED) is 0.417. The van der Waals surface area contributed by atoms with Crippen LogP contribution in [0.2, 0.25) is 0 Å². The van der Waals surface area contributed by atoms with Crippen LogP contribution in [0, 0.1) is 0 Å². The third-order valence-electron chi connectivity index (χ3n) is 4.07. The van der Waals surface area contributed by atoms with Crippen molar-refractivity contribution in [3.8, 4) is 17.0 Å². The van der Waals surface area contributed by atoms with Crippen molar-refractivity contribution in [2.75, 3.05) is 6.61 Å². The summed E-state index contributed by atoms with van der Waals surface area (Å²) in [7, 11) is 0. The smallest absolute Gasteiger partial charge is 0.190 e. The Kier molecular flexibility index (Phi) is 6.04. The minimum absolute atomic E-state index is 0.0529.